The molecule has 2 aliphatic rings. The number of carbonyl (C=O) groups excluding carboxylic acids is 1. The Morgan fingerprint density at radius 1 is 0.952 bits per heavy atom. The summed E-state index contributed by atoms with van der Waals surface area (Å²) in [5.74, 6) is 1.16. The van der Waals surface area contributed by atoms with Gasteiger partial charge in [0, 0.05) is 25.9 Å². The molecule has 1 heterocycles. The van der Waals surface area contributed by atoms with Crippen molar-refractivity contribution in [3.05, 3.63) is 0 Å². The van der Waals surface area contributed by atoms with Crippen LogP contribution in [0.1, 0.15) is 64.2 Å². The van der Waals surface area contributed by atoms with Crippen LogP contribution in [0.3, 0.4) is 0 Å². The first-order valence-electron chi connectivity index (χ1n) is 8.42. The third-order valence-electron chi connectivity index (χ3n) is 4.96. The van der Waals surface area contributed by atoms with Crippen molar-refractivity contribution in [3.8, 4) is 0 Å². The highest BCUT2D eigenvalue weighted by Gasteiger charge is 2.27. The molecule has 1 saturated carbocycles. The normalized spacial score (nSPS) is 26.4. The minimum absolute atomic E-state index is 0.228. The summed E-state index contributed by atoms with van der Waals surface area (Å²) in [6.45, 7) is 1.15. The molecule has 2 fully saturated rings. The molecule has 0 bridgehead atoms. The van der Waals surface area contributed by atoms with Gasteiger partial charge in [-0.15, -0.1) is 0 Å². The van der Waals surface area contributed by atoms with Gasteiger partial charge in [0.05, 0.1) is 6.26 Å². The molecule has 0 amide bonds. The van der Waals surface area contributed by atoms with Crippen molar-refractivity contribution in [3.63, 3.8) is 0 Å². The first kappa shape index (κ1) is 16.9. The van der Waals surface area contributed by atoms with Crippen molar-refractivity contribution in [2.24, 2.45) is 11.8 Å². The molecule has 2 rings (SSSR count). The van der Waals surface area contributed by atoms with E-state index in [-0.39, 0.29) is 5.92 Å². The number of hydrogen-bond donors (Lipinski definition) is 0. The third kappa shape index (κ3) is 5.70. The second-order valence-electron chi connectivity index (χ2n) is 6.93. The summed E-state index contributed by atoms with van der Waals surface area (Å²) in [7, 11) is -3.10. The van der Waals surface area contributed by atoms with Gasteiger partial charge in [0.15, 0.2) is 0 Å². The van der Waals surface area contributed by atoms with E-state index in [2.05, 4.69) is 0 Å². The lowest BCUT2D eigenvalue weighted by Gasteiger charge is -2.30. The molecule has 1 aliphatic carbocycles. The van der Waals surface area contributed by atoms with Gasteiger partial charge in [-0.05, 0) is 24.7 Å². The van der Waals surface area contributed by atoms with Crippen LogP contribution in [0.4, 0.5) is 0 Å². The van der Waals surface area contributed by atoms with Crippen molar-refractivity contribution < 1.29 is 13.2 Å². The summed E-state index contributed by atoms with van der Waals surface area (Å²) in [4.78, 5) is 12.3. The Morgan fingerprint density at radius 3 is 2.14 bits per heavy atom. The molecule has 1 atom stereocenters. The van der Waals surface area contributed by atoms with Crippen LogP contribution >= 0.6 is 0 Å². The van der Waals surface area contributed by atoms with Gasteiger partial charge in [-0.2, -0.15) is 0 Å². The number of carbonyl (C=O) groups is 1. The van der Waals surface area contributed by atoms with E-state index in [9.17, 15) is 13.2 Å². The molecule has 0 radical (unpaired) electrons. The van der Waals surface area contributed by atoms with Crippen LogP contribution in [0.2, 0.25) is 0 Å². The van der Waals surface area contributed by atoms with Crippen LogP contribution in [-0.2, 0) is 14.8 Å². The van der Waals surface area contributed by atoms with Crippen molar-refractivity contribution in [2.45, 2.75) is 64.2 Å². The number of nitrogens with zero attached hydrogens (tertiary/aromatic N) is 1. The fourth-order valence-corrected chi connectivity index (χ4v) is 4.73. The molecule has 0 aromatic heterocycles. The smallest absolute Gasteiger partial charge is 0.211 e. The lowest BCUT2D eigenvalue weighted by molar-refractivity contribution is -0.121. The van der Waals surface area contributed by atoms with E-state index >= 15 is 0 Å². The molecule has 1 saturated heterocycles. The molecule has 122 valence electrons. The number of sulfonamides is 1. The minimum atomic E-state index is -3.10. The summed E-state index contributed by atoms with van der Waals surface area (Å²) in [6.07, 6.45) is 12.0. The van der Waals surface area contributed by atoms with Gasteiger partial charge in [-0.25, -0.2) is 12.7 Å². The van der Waals surface area contributed by atoms with E-state index in [0.717, 1.165) is 19.3 Å². The Labute approximate surface area is 129 Å². The van der Waals surface area contributed by atoms with Gasteiger partial charge in [0.2, 0.25) is 10.0 Å². The third-order valence-corrected chi connectivity index (χ3v) is 6.23. The van der Waals surface area contributed by atoms with E-state index in [0.29, 0.717) is 31.2 Å². The molecular weight excluding hydrogens is 286 g/mol. The largest absolute Gasteiger partial charge is 0.300 e. The van der Waals surface area contributed by atoms with Gasteiger partial charge in [-0.1, -0.05) is 38.5 Å². The predicted octanol–water partition coefficient (Wildman–Crippen LogP) is 2.98. The van der Waals surface area contributed by atoms with E-state index in [1.54, 1.807) is 4.31 Å². The Hall–Kier alpha value is -0.420. The molecule has 1 aliphatic heterocycles. The highest BCUT2D eigenvalue weighted by atomic mass is 32.2. The topological polar surface area (TPSA) is 54.5 Å². The van der Waals surface area contributed by atoms with Gasteiger partial charge >= 0.3 is 0 Å². The molecule has 0 aromatic carbocycles. The van der Waals surface area contributed by atoms with Crippen LogP contribution < -0.4 is 0 Å². The second-order valence-corrected chi connectivity index (χ2v) is 8.92. The molecule has 0 aromatic rings. The number of ketones is 1. The number of rotatable bonds is 5. The molecule has 5 heteroatoms. The molecule has 1 unspecified atom stereocenters. The number of hydrogen-bond acceptors (Lipinski definition) is 3. The molecule has 0 spiro atoms. The number of Topliss-reactive ketones (excluding diaryl/α,β-unsaturated/α-hetero) is 1. The van der Waals surface area contributed by atoms with Gasteiger partial charge in [0.1, 0.15) is 5.78 Å². The minimum Gasteiger partial charge on any atom is -0.300 e. The van der Waals surface area contributed by atoms with Crippen molar-refractivity contribution in [1.82, 2.24) is 4.31 Å². The Bertz CT molecular complexity index is 438. The Balaban J connectivity index is 1.79. The standard InChI is InChI=1S/C16H29NO3S/c1-21(19,20)17-10-6-9-15(13-17)12-16(18)11-14-7-4-2-3-5-8-14/h14-15H,2-13H2,1H3. The van der Waals surface area contributed by atoms with Crippen molar-refractivity contribution >= 4 is 15.8 Å². The van der Waals surface area contributed by atoms with E-state index in [4.69, 9.17) is 0 Å². The summed E-state index contributed by atoms with van der Waals surface area (Å²) in [5, 5.41) is 0. The predicted molar refractivity (Wildman–Crippen MR) is 84.6 cm³/mol. The maximum Gasteiger partial charge on any atom is 0.211 e. The highest BCUT2D eigenvalue weighted by molar-refractivity contribution is 7.88. The molecule has 0 N–H and O–H groups in total. The van der Waals surface area contributed by atoms with Crippen molar-refractivity contribution in [2.75, 3.05) is 19.3 Å². The molecule has 21 heavy (non-hydrogen) atoms. The Morgan fingerprint density at radius 2 is 1.52 bits per heavy atom. The SMILES string of the molecule is CS(=O)(=O)N1CCCC(CC(=O)CC2CCCCCC2)C1. The fourth-order valence-electron chi connectivity index (χ4n) is 3.79. The zero-order valence-electron chi connectivity index (χ0n) is 13.2. The van der Waals surface area contributed by atoms with Crippen LogP contribution in [0, 0.1) is 11.8 Å². The van der Waals surface area contributed by atoms with Crippen LogP contribution in [0.15, 0.2) is 0 Å². The summed E-state index contributed by atoms with van der Waals surface area (Å²) in [6, 6.07) is 0. The summed E-state index contributed by atoms with van der Waals surface area (Å²) >= 11 is 0. The average Bonchev–Trinajstić information content (AvgIpc) is 2.66. The number of piperidine rings is 1. The first-order valence-corrected chi connectivity index (χ1v) is 10.3. The lowest BCUT2D eigenvalue weighted by atomic mass is 9.88. The quantitative estimate of drug-likeness (QED) is 0.733. The van der Waals surface area contributed by atoms with E-state index in [1.165, 1.54) is 44.8 Å². The van der Waals surface area contributed by atoms with Crippen LogP contribution in [0.25, 0.3) is 0 Å². The van der Waals surface area contributed by atoms with Crippen LogP contribution in [0.5, 0.6) is 0 Å². The van der Waals surface area contributed by atoms with Crippen molar-refractivity contribution in [1.29, 1.82) is 0 Å². The van der Waals surface area contributed by atoms with Gasteiger partial charge in [0.25, 0.3) is 0 Å². The van der Waals surface area contributed by atoms with Crippen LogP contribution in [-0.4, -0.2) is 37.9 Å². The zero-order chi connectivity index (χ0) is 15.3. The Kier molecular flexibility index (Phi) is 6.23. The lowest BCUT2D eigenvalue weighted by Crippen LogP contribution is -2.39. The second kappa shape index (κ2) is 7.73. The van der Waals surface area contributed by atoms with Gasteiger partial charge < -0.3 is 0 Å². The van der Waals surface area contributed by atoms with E-state index in [1.807, 2.05) is 0 Å². The molecule has 4 nitrogen and oxygen atoms in total. The highest BCUT2D eigenvalue weighted by Crippen LogP contribution is 2.28. The van der Waals surface area contributed by atoms with Gasteiger partial charge in [-0.3, -0.25) is 4.79 Å². The monoisotopic (exact) mass is 315 g/mol. The molecular formula is C16H29NO3S. The zero-order valence-corrected chi connectivity index (χ0v) is 14.0. The maximum atomic E-state index is 12.3. The summed E-state index contributed by atoms with van der Waals surface area (Å²) in [5.41, 5.74) is 0. The maximum absolute atomic E-state index is 12.3. The van der Waals surface area contributed by atoms with E-state index < -0.39 is 10.0 Å². The average molecular weight is 315 g/mol. The first-order chi connectivity index (χ1) is 9.95. The fraction of sp³-hybridized carbons (Fsp3) is 0.938. The summed E-state index contributed by atoms with van der Waals surface area (Å²) < 4.78 is 24.8.